The summed E-state index contributed by atoms with van der Waals surface area (Å²) in [5, 5.41) is -0.957. The van der Waals surface area contributed by atoms with Gasteiger partial charge in [0.05, 0.1) is 36.1 Å². The maximum atomic E-state index is 13.1. The number of nitrogen functional groups attached to an aromatic ring is 1. The topological polar surface area (TPSA) is 119 Å². The number of benzene rings is 2. The Labute approximate surface area is 170 Å². The quantitative estimate of drug-likeness (QED) is 0.403. The Balaban J connectivity index is 2.14. The molecule has 0 fully saturated rings. The van der Waals surface area contributed by atoms with E-state index in [1.165, 1.54) is 26.2 Å². The van der Waals surface area contributed by atoms with Crippen molar-refractivity contribution < 1.29 is 27.8 Å². The molecule has 8 nitrogen and oxygen atoms in total. The first-order valence-electron chi connectivity index (χ1n) is 8.98. The first kappa shape index (κ1) is 20.8. The third-order valence-corrected chi connectivity index (χ3v) is 5.74. The lowest BCUT2D eigenvalue weighted by atomic mass is 10.0. The molecule has 3 atom stereocenters. The van der Waals surface area contributed by atoms with E-state index in [4.69, 9.17) is 15.2 Å². The zero-order valence-electron chi connectivity index (χ0n) is 16.2. The highest BCUT2D eigenvalue weighted by molar-refractivity contribution is 7.79. The highest BCUT2D eigenvalue weighted by Crippen LogP contribution is 2.39. The van der Waals surface area contributed by atoms with E-state index in [1.807, 2.05) is 6.92 Å². The van der Waals surface area contributed by atoms with Crippen molar-refractivity contribution in [2.24, 2.45) is 0 Å². The van der Waals surface area contributed by atoms with E-state index < -0.39 is 34.2 Å². The number of amides is 2. The smallest absolute Gasteiger partial charge is 0.264 e. The fraction of sp³-hybridized carbons (Fsp3) is 0.300. The third kappa shape index (κ3) is 3.58. The average molecular weight is 418 g/mol. The van der Waals surface area contributed by atoms with Crippen LogP contribution in [0.15, 0.2) is 36.4 Å². The molecule has 29 heavy (non-hydrogen) atoms. The van der Waals surface area contributed by atoms with Crippen LogP contribution in [-0.4, -0.2) is 44.4 Å². The van der Waals surface area contributed by atoms with Gasteiger partial charge in [0.25, 0.3) is 11.8 Å². The van der Waals surface area contributed by atoms with Crippen molar-refractivity contribution in [1.29, 1.82) is 0 Å². The molecule has 2 amide bonds. The van der Waals surface area contributed by atoms with E-state index in [1.54, 1.807) is 24.3 Å². The molecule has 9 heteroatoms. The molecule has 1 heterocycles. The van der Waals surface area contributed by atoms with Gasteiger partial charge in [0, 0.05) is 5.69 Å². The standard InChI is InChI=1S/C20H22N2O6S/c1-4-28-16-10-12(8-9-15(16)27-3)18(11(2)29(25)26)22-19(23)13-6-5-7-14(21)17(13)20(22)24/h5-11,18H,4,21H2,1-3H3,(H,25,26). The van der Waals surface area contributed by atoms with Crippen molar-refractivity contribution in [2.75, 3.05) is 19.5 Å². The minimum Gasteiger partial charge on any atom is -0.493 e. The molecule has 0 aliphatic carbocycles. The largest absolute Gasteiger partial charge is 0.493 e. The first-order valence-corrected chi connectivity index (χ1v) is 10.2. The summed E-state index contributed by atoms with van der Waals surface area (Å²) < 4.78 is 32.6. The second-order valence-corrected chi connectivity index (χ2v) is 7.82. The predicted octanol–water partition coefficient (Wildman–Crippen LogP) is 2.62. The van der Waals surface area contributed by atoms with Crippen LogP contribution in [0.2, 0.25) is 0 Å². The van der Waals surface area contributed by atoms with Gasteiger partial charge in [-0.1, -0.05) is 12.1 Å². The molecule has 1 aliphatic rings. The maximum Gasteiger partial charge on any atom is 0.264 e. The summed E-state index contributed by atoms with van der Waals surface area (Å²) in [5.74, 6) is -0.282. The molecule has 1 aliphatic heterocycles. The Morgan fingerprint density at radius 3 is 2.48 bits per heavy atom. The van der Waals surface area contributed by atoms with Crippen molar-refractivity contribution in [3.63, 3.8) is 0 Å². The number of ether oxygens (including phenoxy) is 2. The number of nitrogens with zero attached hydrogens (tertiary/aromatic N) is 1. The van der Waals surface area contributed by atoms with Gasteiger partial charge in [-0.25, -0.2) is 4.21 Å². The van der Waals surface area contributed by atoms with Crippen LogP contribution in [0.25, 0.3) is 0 Å². The summed E-state index contributed by atoms with van der Waals surface area (Å²) in [6.07, 6.45) is 0. The number of imide groups is 1. The van der Waals surface area contributed by atoms with E-state index in [9.17, 15) is 18.4 Å². The number of fused-ring (bicyclic) bond motifs is 1. The van der Waals surface area contributed by atoms with Gasteiger partial charge in [0.1, 0.15) is 0 Å². The second kappa shape index (κ2) is 8.22. The van der Waals surface area contributed by atoms with Gasteiger partial charge in [-0.3, -0.25) is 14.5 Å². The van der Waals surface area contributed by atoms with E-state index in [-0.39, 0.29) is 16.8 Å². The molecule has 154 valence electrons. The molecule has 0 radical (unpaired) electrons. The number of hydrogen-bond acceptors (Lipinski definition) is 6. The van der Waals surface area contributed by atoms with Gasteiger partial charge in [0.15, 0.2) is 22.6 Å². The van der Waals surface area contributed by atoms with Crippen LogP contribution in [-0.2, 0) is 11.1 Å². The highest BCUT2D eigenvalue weighted by Gasteiger charge is 2.45. The van der Waals surface area contributed by atoms with Gasteiger partial charge < -0.3 is 19.8 Å². The number of anilines is 1. The number of hydrogen-bond donors (Lipinski definition) is 2. The lowest BCUT2D eigenvalue weighted by Gasteiger charge is -2.30. The lowest BCUT2D eigenvalue weighted by molar-refractivity contribution is 0.0580. The molecular weight excluding hydrogens is 396 g/mol. The second-order valence-electron chi connectivity index (χ2n) is 6.52. The Kier molecular flexibility index (Phi) is 5.90. The highest BCUT2D eigenvalue weighted by atomic mass is 32.2. The molecule has 3 N–H and O–H groups in total. The van der Waals surface area contributed by atoms with E-state index in [0.717, 1.165) is 4.90 Å². The molecule has 3 rings (SSSR count). The van der Waals surface area contributed by atoms with Crippen molar-refractivity contribution in [3.8, 4) is 11.5 Å². The average Bonchev–Trinajstić information content (AvgIpc) is 2.94. The predicted molar refractivity (Wildman–Crippen MR) is 108 cm³/mol. The van der Waals surface area contributed by atoms with Crippen molar-refractivity contribution in [1.82, 2.24) is 4.90 Å². The van der Waals surface area contributed by atoms with Crippen LogP contribution in [0.3, 0.4) is 0 Å². The minimum atomic E-state index is -2.30. The Bertz CT molecular complexity index is 993. The van der Waals surface area contributed by atoms with Gasteiger partial charge in [0.2, 0.25) is 0 Å². The molecule has 0 aromatic heterocycles. The van der Waals surface area contributed by atoms with Crippen molar-refractivity contribution in [3.05, 3.63) is 53.1 Å². The van der Waals surface area contributed by atoms with Gasteiger partial charge >= 0.3 is 0 Å². The number of nitrogens with two attached hydrogens (primary N) is 1. The first-order chi connectivity index (χ1) is 13.8. The Hall–Kier alpha value is -2.91. The van der Waals surface area contributed by atoms with E-state index in [2.05, 4.69) is 0 Å². The summed E-state index contributed by atoms with van der Waals surface area (Å²) in [6, 6.07) is 8.53. The molecule has 0 spiro atoms. The van der Waals surface area contributed by atoms with Crippen LogP contribution in [0, 0.1) is 0 Å². The normalized spacial score (nSPS) is 16.3. The summed E-state index contributed by atoms with van der Waals surface area (Å²) in [5.41, 5.74) is 6.86. The van der Waals surface area contributed by atoms with Gasteiger partial charge in [-0.15, -0.1) is 0 Å². The number of methoxy groups -OCH3 is 1. The van der Waals surface area contributed by atoms with E-state index in [0.29, 0.717) is 23.7 Å². The SMILES string of the molecule is CCOc1cc(C(C(C)S(=O)O)N2C(=O)c3cccc(N)c3C2=O)ccc1OC. The molecule has 2 aromatic rings. The lowest BCUT2D eigenvalue weighted by Crippen LogP contribution is -2.41. The maximum absolute atomic E-state index is 13.1. The van der Waals surface area contributed by atoms with Crippen molar-refractivity contribution >= 4 is 28.6 Å². The summed E-state index contributed by atoms with van der Waals surface area (Å²) in [4.78, 5) is 27.1. The number of carbonyl (C=O) groups excluding carboxylic acids is 2. The third-order valence-electron chi connectivity index (χ3n) is 4.85. The summed E-state index contributed by atoms with van der Waals surface area (Å²) in [7, 11) is 1.49. The zero-order chi connectivity index (χ0) is 21.3. The van der Waals surface area contributed by atoms with Crippen LogP contribution in [0.4, 0.5) is 5.69 Å². The number of carbonyl (C=O) groups is 2. The zero-order valence-corrected chi connectivity index (χ0v) is 17.1. The van der Waals surface area contributed by atoms with Gasteiger partial charge in [-0.05, 0) is 43.7 Å². The van der Waals surface area contributed by atoms with Crippen LogP contribution < -0.4 is 15.2 Å². The molecular formula is C20H22N2O6S. The molecule has 0 saturated heterocycles. The molecule has 0 saturated carbocycles. The van der Waals surface area contributed by atoms with Gasteiger partial charge in [-0.2, -0.15) is 0 Å². The summed E-state index contributed by atoms with van der Waals surface area (Å²) in [6.45, 7) is 3.68. The fourth-order valence-corrected chi connectivity index (χ4v) is 3.97. The fourth-order valence-electron chi connectivity index (χ4n) is 3.47. The van der Waals surface area contributed by atoms with Crippen LogP contribution in [0.5, 0.6) is 11.5 Å². The Morgan fingerprint density at radius 1 is 1.17 bits per heavy atom. The Morgan fingerprint density at radius 2 is 1.90 bits per heavy atom. The van der Waals surface area contributed by atoms with Crippen LogP contribution >= 0.6 is 0 Å². The van der Waals surface area contributed by atoms with E-state index >= 15 is 0 Å². The summed E-state index contributed by atoms with van der Waals surface area (Å²) >= 11 is -2.30. The number of rotatable bonds is 7. The minimum absolute atomic E-state index is 0.108. The van der Waals surface area contributed by atoms with Crippen LogP contribution in [0.1, 0.15) is 46.2 Å². The van der Waals surface area contributed by atoms with Crippen molar-refractivity contribution in [2.45, 2.75) is 25.1 Å². The molecule has 3 unspecified atom stereocenters. The molecule has 0 bridgehead atoms. The monoisotopic (exact) mass is 418 g/mol. The molecule has 2 aromatic carbocycles.